The number of hydrogen-bond donors (Lipinski definition) is 1. The Balaban J connectivity index is 1.63. The normalized spacial score (nSPS) is 22.7. The first-order valence-electron chi connectivity index (χ1n) is 8.54. The summed E-state index contributed by atoms with van der Waals surface area (Å²) in [6.45, 7) is -0.231. The van der Waals surface area contributed by atoms with Crippen molar-refractivity contribution >= 4 is 21.5 Å². The van der Waals surface area contributed by atoms with Gasteiger partial charge in [0.05, 0.1) is 19.0 Å². The van der Waals surface area contributed by atoms with Gasteiger partial charge in [-0.3, -0.25) is 8.75 Å². The van der Waals surface area contributed by atoms with E-state index in [0.29, 0.717) is 17.6 Å². The molecule has 0 radical (unpaired) electrons. The third kappa shape index (κ3) is 3.75. The van der Waals surface area contributed by atoms with Crippen LogP contribution in [0.4, 0.5) is 0 Å². The van der Waals surface area contributed by atoms with E-state index in [1.54, 1.807) is 10.9 Å². The molecule has 0 bridgehead atoms. The van der Waals surface area contributed by atoms with Crippen LogP contribution in [-0.2, 0) is 24.0 Å². The molecule has 1 fully saturated rings. The minimum absolute atomic E-state index is 0.231. The van der Waals surface area contributed by atoms with Gasteiger partial charge in [-0.25, -0.2) is 20.1 Å². The molecule has 10 nitrogen and oxygen atoms in total. The highest BCUT2D eigenvalue weighted by atomic mass is 32.2. The Labute approximate surface area is 161 Å². The first kappa shape index (κ1) is 18.9. The summed E-state index contributed by atoms with van der Waals surface area (Å²) in [5.41, 5.74) is 2.92. The van der Waals surface area contributed by atoms with Gasteiger partial charge in [-0.15, -0.1) is 0 Å². The van der Waals surface area contributed by atoms with Gasteiger partial charge in [-0.1, -0.05) is 30.3 Å². The number of nitrogens with two attached hydrogens (primary N) is 1. The number of aromatic nitrogens is 4. The second-order valence-corrected chi connectivity index (χ2v) is 7.55. The predicted octanol–water partition coefficient (Wildman–Crippen LogP) is 1.02. The van der Waals surface area contributed by atoms with Crippen molar-refractivity contribution in [2.45, 2.75) is 24.9 Å². The van der Waals surface area contributed by atoms with Crippen molar-refractivity contribution in [2.75, 3.05) is 13.7 Å². The average molecular weight is 405 g/mol. The van der Waals surface area contributed by atoms with E-state index in [1.807, 2.05) is 30.3 Å². The van der Waals surface area contributed by atoms with Crippen molar-refractivity contribution in [3.63, 3.8) is 0 Å². The van der Waals surface area contributed by atoms with Crippen LogP contribution < -0.4 is 5.14 Å². The van der Waals surface area contributed by atoms with Crippen molar-refractivity contribution in [1.29, 1.82) is 0 Å². The van der Waals surface area contributed by atoms with Gasteiger partial charge in [0.2, 0.25) is 0 Å². The second kappa shape index (κ2) is 7.53. The fourth-order valence-electron chi connectivity index (χ4n) is 3.30. The van der Waals surface area contributed by atoms with E-state index in [1.165, 1.54) is 13.4 Å². The summed E-state index contributed by atoms with van der Waals surface area (Å²) in [7, 11) is -2.53. The monoisotopic (exact) mass is 405 g/mol. The zero-order chi connectivity index (χ0) is 19.7. The molecule has 1 aliphatic rings. The molecule has 1 aliphatic heterocycles. The Morgan fingerprint density at radius 2 is 2.04 bits per heavy atom. The molecule has 2 aromatic heterocycles. The predicted molar refractivity (Wildman–Crippen MR) is 99.1 cm³/mol. The minimum atomic E-state index is -4.06. The van der Waals surface area contributed by atoms with E-state index < -0.39 is 22.6 Å². The number of fused-ring (bicyclic) bond motifs is 1. The summed E-state index contributed by atoms with van der Waals surface area (Å²) < 4.78 is 40.0. The molecule has 3 atom stereocenters. The van der Waals surface area contributed by atoms with E-state index in [2.05, 4.69) is 19.1 Å². The first-order valence-corrected chi connectivity index (χ1v) is 10.0. The van der Waals surface area contributed by atoms with Gasteiger partial charge in [0.1, 0.15) is 29.9 Å². The molecule has 2 N–H and O–H groups in total. The van der Waals surface area contributed by atoms with Crippen molar-refractivity contribution in [2.24, 2.45) is 5.14 Å². The molecule has 0 aliphatic carbocycles. The molecular formula is C17H19N5O5S. The summed E-state index contributed by atoms with van der Waals surface area (Å²) in [4.78, 5) is 13.2. The average Bonchev–Trinajstić information content (AvgIpc) is 3.30. The Bertz CT molecular complexity index is 1070. The summed E-state index contributed by atoms with van der Waals surface area (Å²) >= 11 is 0. The van der Waals surface area contributed by atoms with Gasteiger partial charge in [0.25, 0.3) is 0 Å². The van der Waals surface area contributed by atoms with Crippen LogP contribution in [0.5, 0.6) is 0 Å². The highest BCUT2D eigenvalue weighted by Gasteiger charge is 2.38. The van der Waals surface area contributed by atoms with Crippen LogP contribution in [0.2, 0.25) is 0 Å². The number of imidazole rings is 1. The van der Waals surface area contributed by atoms with E-state index in [0.717, 1.165) is 11.3 Å². The molecule has 28 heavy (non-hydrogen) atoms. The Kier molecular flexibility index (Phi) is 5.08. The standard InChI is InChI=1S/C17H19N5O5S/c1-25-12-7-14(27-13(12)8-26-28(18,23)24)22-10-21-16-15(19-9-20-17(16)22)11-5-3-2-4-6-11/h2-6,9-10,12-14H,7-8H2,1H3,(H2,18,23,24)/t12-,13+,14+/m0/s1. The molecule has 0 amide bonds. The Morgan fingerprint density at radius 3 is 2.75 bits per heavy atom. The lowest BCUT2D eigenvalue weighted by Gasteiger charge is -2.16. The molecule has 3 heterocycles. The van der Waals surface area contributed by atoms with Gasteiger partial charge in [0, 0.05) is 19.1 Å². The fourth-order valence-corrected chi connectivity index (χ4v) is 3.62. The van der Waals surface area contributed by atoms with Gasteiger partial charge in [-0.05, 0) is 0 Å². The third-order valence-electron chi connectivity index (χ3n) is 4.60. The third-order valence-corrected chi connectivity index (χ3v) is 5.06. The fraction of sp³-hybridized carbons (Fsp3) is 0.353. The first-order chi connectivity index (χ1) is 13.5. The summed E-state index contributed by atoms with van der Waals surface area (Å²) in [6.07, 6.45) is 2.19. The molecule has 0 saturated carbocycles. The molecule has 1 saturated heterocycles. The van der Waals surface area contributed by atoms with E-state index in [4.69, 9.17) is 14.6 Å². The number of hydrogen-bond acceptors (Lipinski definition) is 8. The van der Waals surface area contributed by atoms with E-state index in [9.17, 15) is 8.42 Å². The summed E-state index contributed by atoms with van der Waals surface area (Å²) in [6, 6.07) is 9.70. The lowest BCUT2D eigenvalue weighted by Crippen LogP contribution is -2.31. The summed E-state index contributed by atoms with van der Waals surface area (Å²) in [5.74, 6) is 0. The largest absolute Gasteiger partial charge is 0.378 e. The number of ether oxygens (including phenoxy) is 2. The lowest BCUT2D eigenvalue weighted by atomic mass is 10.1. The summed E-state index contributed by atoms with van der Waals surface area (Å²) in [5, 5.41) is 4.90. The number of nitrogens with zero attached hydrogens (tertiary/aromatic N) is 4. The highest BCUT2D eigenvalue weighted by molar-refractivity contribution is 7.84. The molecule has 0 unspecified atom stereocenters. The molecule has 3 aromatic rings. The van der Waals surface area contributed by atoms with Crippen LogP contribution in [0, 0.1) is 0 Å². The van der Waals surface area contributed by atoms with Crippen LogP contribution in [-0.4, -0.2) is 53.9 Å². The smallest absolute Gasteiger partial charge is 0.333 e. The van der Waals surface area contributed by atoms with Gasteiger partial charge in [0.15, 0.2) is 5.65 Å². The van der Waals surface area contributed by atoms with E-state index in [-0.39, 0.29) is 12.7 Å². The van der Waals surface area contributed by atoms with Gasteiger partial charge >= 0.3 is 10.3 Å². The van der Waals surface area contributed by atoms with Crippen molar-refractivity contribution in [1.82, 2.24) is 19.5 Å². The molecular weight excluding hydrogens is 386 g/mol. The van der Waals surface area contributed by atoms with Gasteiger partial charge in [-0.2, -0.15) is 8.42 Å². The van der Waals surface area contributed by atoms with Gasteiger partial charge < -0.3 is 9.47 Å². The minimum Gasteiger partial charge on any atom is -0.378 e. The number of methoxy groups -OCH3 is 1. The topological polar surface area (TPSA) is 131 Å². The molecule has 4 rings (SSSR count). The van der Waals surface area contributed by atoms with Crippen LogP contribution in [0.3, 0.4) is 0 Å². The lowest BCUT2D eigenvalue weighted by molar-refractivity contribution is -0.0453. The number of benzene rings is 1. The van der Waals surface area contributed by atoms with Crippen LogP contribution in [0.1, 0.15) is 12.6 Å². The maximum absolute atomic E-state index is 11.1. The van der Waals surface area contributed by atoms with E-state index >= 15 is 0 Å². The Hall–Kier alpha value is -2.44. The molecule has 11 heteroatoms. The Morgan fingerprint density at radius 1 is 1.25 bits per heavy atom. The molecule has 148 valence electrons. The second-order valence-electron chi connectivity index (χ2n) is 6.33. The maximum Gasteiger partial charge on any atom is 0.333 e. The number of rotatable bonds is 6. The van der Waals surface area contributed by atoms with Crippen LogP contribution >= 0.6 is 0 Å². The quantitative estimate of drug-likeness (QED) is 0.643. The van der Waals surface area contributed by atoms with Crippen molar-refractivity contribution < 1.29 is 22.1 Å². The molecule has 1 aromatic carbocycles. The highest BCUT2D eigenvalue weighted by Crippen LogP contribution is 2.34. The van der Waals surface area contributed by atoms with Crippen molar-refractivity contribution in [3.8, 4) is 11.3 Å². The van der Waals surface area contributed by atoms with Crippen LogP contribution in [0.15, 0.2) is 43.0 Å². The van der Waals surface area contributed by atoms with Crippen LogP contribution in [0.25, 0.3) is 22.4 Å². The SMILES string of the molecule is CO[C@H]1C[C@H](n2cnc3c(-c4ccccc4)ncnc32)O[C@@H]1COS(N)(=O)=O. The molecule has 0 spiro atoms. The maximum atomic E-state index is 11.1. The zero-order valence-corrected chi connectivity index (χ0v) is 15.8. The zero-order valence-electron chi connectivity index (χ0n) is 15.0. The van der Waals surface area contributed by atoms with Crippen molar-refractivity contribution in [3.05, 3.63) is 43.0 Å².